The van der Waals surface area contributed by atoms with Crippen LogP contribution < -0.4 is 5.32 Å². The van der Waals surface area contributed by atoms with Crippen molar-refractivity contribution >= 4 is 15.9 Å². The minimum absolute atomic E-state index is 0.355. The molecule has 0 aliphatic rings. The number of hydrogen-bond acceptors (Lipinski definition) is 2. The van der Waals surface area contributed by atoms with Crippen LogP contribution in [0.3, 0.4) is 0 Å². The fourth-order valence-electron chi connectivity index (χ4n) is 1.96. The standard InChI is InChI=1S/C15H24BrNO/c1-2-3-4-5-6-7-11-17-12-13-9-8-10-14(16)15(13)18/h8-10,17-18H,2-7,11-12H2,1H3. The molecule has 1 aromatic rings. The van der Waals surface area contributed by atoms with E-state index in [0.29, 0.717) is 5.75 Å². The van der Waals surface area contributed by atoms with Gasteiger partial charge in [0.25, 0.3) is 0 Å². The lowest BCUT2D eigenvalue weighted by atomic mass is 10.1. The van der Waals surface area contributed by atoms with Crippen LogP contribution in [0.5, 0.6) is 5.75 Å². The Bertz CT molecular complexity index is 341. The number of nitrogens with one attached hydrogen (secondary N) is 1. The largest absolute Gasteiger partial charge is 0.506 e. The van der Waals surface area contributed by atoms with E-state index in [1.165, 1.54) is 38.5 Å². The van der Waals surface area contributed by atoms with Crippen molar-refractivity contribution in [3.8, 4) is 5.75 Å². The number of rotatable bonds is 9. The van der Waals surface area contributed by atoms with Gasteiger partial charge in [-0.05, 0) is 35.0 Å². The predicted molar refractivity (Wildman–Crippen MR) is 80.9 cm³/mol. The molecule has 18 heavy (non-hydrogen) atoms. The second kappa shape index (κ2) is 9.40. The summed E-state index contributed by atoms with van der Waals surface area (Å²) in [5.41, 5.74) is 0.954. The minimum atomic E-state index is 0.355. The van der Waals surface area contributed by atoms with Crippen molar-refractivity contribution < 1.29 is 5.11 Å². The van der Waals surface area contributed by atoms with Gasteiger partial charge in [-0.3, -0.25) is 0 Å². The summed E-state index contributed by atoms with van der Waals surface area (Å²) in [6.45, 7) is 4.00. The number of hydrogen-bond donors (Lipinski definition) is 2. The molecule has 0 amide bonds. The van der Waals surface area contributed by atoms with Crippen molar-refractivity contribution in [3.05, 3.63) is 28.2 Å². The first-order valence-electron chi connectivity index (χ1n) is 6.92. The second-order valence-corrected chi connectivity index (χ2v) is 5.55. The van der Waals surface area contributed by atoms with Gasteiger partial charge in [-0.15, -0.1) is 0 Å². The lowest BCUT2D eigenvalue weighted by Crippen LogP contribution is -2.14. The fraction of sp³-hybridized carbons (Fsp3) is 0.600. The molecule has 1 aromatic carbocycles. The van der Waals surface area contributed by atoms with E-state index in [4.69, 9.17) is 0 Å². The molecule has 3 heteroatoms. The summed E-state index contributed by atoms with van der Waals surface area (Å²) in [6.07, 6.45) is 7.90. The summed E-state index contributed by atoms with van der Waals surface area (Å²) in [5.74, 6) is 0.355. The van der Waals surface area contributed by atoms with Crippen LogP contribution in [0.4, 0.5) is 0 Å². The zero-order valence-corrected chi connectivity index (χ0v) is 12.8. The first kappa shape index (κ1) is 15.5. The van der Waals surface area contributed by atoms with Gasteiger partial charge in [0.2, 0.25) is 0 Å². The van der Waals surface area contributed by atoms with Crippen LogP contribution in [0, 0.1) is 0 Å². The maximum Gasteiger partial charge on any atom is 0.134 e. The molecule has 0 unspecified atom stereocenters. The Morgan fingerprint density at radius 3 is 2.61 bits per heavy atom. The summed E-state index contributed by atoms with van der Waals surface area (Å²) in [6, 6.07) is 5.76. The molecule has 0 fully saturated rings. The molecule has 102 valence electrons. The second-order valence-electron chi connectivity index (χ2n) is 4.69. The first-order chi connectivity index (χ1) is 8.75. The van der Waals surface area contributed by atoms with Crippen molar-refractivity contribution in [2.24, 2.45) is 0 Å². The van der Waals surface area contributed by atoms with E-state index in [-0.39, 0.29) is 0 Å². The van der Waals surface area contributed by atoms with Crippen LogP contribution >= 0.6 is 15.9 Å². The van der Waals surface area contributed by atoms with E-state index in [1.54, 1.807) is 0 Å². The fourth-order valence-corrected chi connectivity index (χ4v) is 2.36. The maximum atomic E-state index is 9.81. The van der Waals surface area contributed by atoms with E-state index in [0.717, 1.165) is 23.1 Å². The molecule has 0 bridgehead atoms. The summed E-state index contributed by atoms with van der Waals surface area (Å²) in [7, 11) is 0. The van der Waals surface area contributed by atoms with Gasteiger partial charge in [0.15, 0.2) is 0 Å². The summed E-state index contributed by atoms with van der Waals surface area (Å²) >= 11 is 3.33. The molecule has 0 aromatic heterocycles. The highest BCUT2D eigenvalue weighted by Crippen LogP contribution is 2.27. The number of phenolic OH excluding ortho intramolecular Hbond substituents is 1. The topological polar surface area (TPSA) is 32.3 Å². The molecule has 0 saturated carbocycles. The average molecular weight is 314 g/mol. The Kier molecular flexibility index (Phi) is 8.10. The lowest BCUT2D eigenvalue weighted by Gasteiger charge is -2.08. The van der Waals surface area contributed by atoms with Crippen molar-refractivity contribution in [2.75, 3.05) is 6.54 Å². The highest BCUT2D eigenvalue weighted by molar-refractivity contribution is 9.10. The number of unbranched alkanes of at least 4 members (excludes halogenated alkanes) is 5. The van der Waals surface area contributed by atoms with E-state index < -0.39 is 0 Å². The molecule has 0 spiro atoms. The Hall–Kier alpha value is -0.540. The highest BCUT2D eigenvalue weighted by Gasteiger charge is 2.03. The Balaban J connectivity index is 2.09. The molecule has 0 aliphatic heterocycles. The SMILES string of the molecule is CCCCCCCCNCc1cccc(Br)c1O. The number of benzene rings is 1. The van der Waals surface area contributed by atoms with E-state index in [2.05, 4.69) is 28.2 Å². The van der Waals surface area contributed by atoms with Gasteiger partial charge in [-0.25, -0.2) is 0 Å². The van der Waals surface area contributed by atoms with E-state index >= 15 is 0 Å². The van der Waals surface area contributed by atoms with Crippen LogP contribution in [0.2, 0.25) is 0 Å². The molecule has 0 heterocycles. The first-order valence-corrected chi connectivity index (χ1v) is 7.72. The van der Waals surface area contributed by atoms with Gasteiger partial charge in [0.1, 0.15) is 5.75 Å². The van der Waals surface area contributed by atoms with Gasteiger partial charge < -0.3 is 10.4 Å². The molecule has 0 radical (unpaired) electrons. The average Bonchev–Trinajstić information content (AvgIpc) is 2.37. The third-order valence-electron chi connectivity index (χ3n) is 3.09. The zero-order valence-electron chi connectivity index (χ0n) is 11.2. The molecular formula is C15H24BrNO. The maximum absolute atomic E-state index is 9.81. The van der Waals surface area contributed by atoms with Gasteiger partial charge in [0.05, 0.1) is 4.47 Å². The zero-order chi connectivity index (χ0) is 13.2. The molecule has 2 nitrogen and oxygen atoms in total. The summed E-state index contributed by atoms with van der Waals surface area (Å²) < 4.78 is 0.765. The number of aromatic hydroxyl groups is 1. The highest BCUT2D eigenvalue weighted by atomic mass is 79.9. The Morgan fingerprint density at radius 1 is 1.11 bits per heavy atom. The van der Waals surface area contributed by atoms with Crippen molar-refractivity contribution in [1.82, 2.24) is 5.32 Å². The molecule has 0 atom stereocenters. The van der Waals surface area contributed by atoms with Crippen molar-refractivity contribution in [3.63, 3.8) is 0 Å². The number of halogens is 1. The van der Waals surface area contributed by atoms with Crippen LogP contribution in [0.25, 0.3) is 0 Å². The molecule has 1 rings (SSSR count). The van der Waals surface area contributed by atoms with Gasteiger partial charge in [-0.2, -0.15) is 0 Å². The normalized spacial score (nSPS) is 10.8. The molecule has 0 saturated heterocycles. The monoisotopic (exact) mass is 313 g/mol. The summed E-state index contributed by atoms with van der Waals surface area (Å²) in [5, 5.41) is 13.2. The van der Waals surface area contributed by atoms with Crippen molar-refractivity contribution in [2.45, 2.75) is 52.0 Å². The minimum Gasteiger partial charge on any atom is -0.506 e. The van der Waals surface area contributed by atoms with Crippen LogP contribution in [-0.4, -0.2) is 11.7 Å². The smallest absolute Gasteiger partial charge is 0.134 e. The van der Waals surface area contributed by atoms with Crippen molar-refractivity contribution in [1.29, 1.82) is 0 Å². The van der Waals surface area contributed by atoms with E-state index in [9.17, 15) is 5.11 Å². The molecule has 2 N–H and O–H groups in total. The third-order valence-corrected chi connectivity index (χ3v) is 3.73. The van der Waals surface area contributed by atoms with E-state index in [1.807, 2.05) is 18.2 Å². The van der Waals surface area contributed by atoms with Gasteiger partial charge >= 0.3 is 0 Å². The van der Waals surface area contributed by atoms with Crippen LogP contribution in [-0.2, 0) is 6.54 Å². The third kappa shape index (κ3) is 5.87. The Labute approximate surface area is 119 Å². The molecule has 0 aliphatic carbocycles. The van der Waals surface area contributed by atoms with Gasteiger partial charge in [0, 0.05) is 12.1 Å². The number of para-hydroxylation sites is 1. The quantitative estimate of drug-likeness (QED) is 0.653. The Morgan fingerprint density at radius 2 is 1.83 bits per heavy atom. The van der Waals surface area contributed by atoms with Gasteiger partial charge in [-0.1, -0.05) is 51.2 Å². The predicted octanol–water partition coefficient (Wildman–Crippen LogP) is 4.60. The van der Waals surface area contributed by atoms with Crippen LogP contribution in [0.15, 0.2) is 22.7 Å². The van der Waals surface area contributed by atoms with Crippen LogP contribution in [0.1, 0.15) is 51.0 Å². The lowest BCUT2D eigenvalue weighted by molar-refractivity contribution is 0.460. The number of phenols is 1. The summed E-state index contributed by atoms with van der Waals surface area (Å²) in [4.78, 5) is 0. The molecular weight excluding hydrogens is 290 g/mol.